The Morgan fingerprint density at radius 2 is 1.65 bits per heavy atom. The van der Waals surface area contributed by atoms with Crippen molar-refractivity contribution in [3.05, 3.63) is 65.7 Å². The molecule has 0 unspecified atom stereocenters. The van der Waals surface area contributed by atoms with Crippen molar-refractivity contribution in [3.63, 3.8) is 0 Å². The van der Waals surface area contributed by atoms with Crippen LogP contribution in [0, 0.1) is 13.8 Å². The molecule has 3 nitrogen and oxygen atoms in total. The maximum absolute atomic E-state index is 10.1. The van der Waals surface area contributed by atoms with Crippen molar-refractivity contribution >= 4 is 0 Å². The van der Waals surface area contributed by atoms with Crippen LogP contribution >= 0.6 is 0 Å². The molecule has 0 amide bonds. The van der Waals surface area contributed by atoms with Crippen molar-refractivity contribution in [2.24, 2.45) is 0 Å². The minimum absolute atomic E-state index is 0.145. The first-order valence-corrected chi connectivity index (χ1v) is 6.57. The maximum Gasteiger partial charge on any atom is 0.214 e. The van der Waals surface area contributed by atoms with E-state index in [-0.39, 0.29) is 5.88 Å². The fraction of sp³-hybridized carbons (Fsp3) is 0.118. The van der Waals surface area contributed by atoms with Gasteiger partial charge < -0.3 is 5.11 Å². The number of hydrogen-bond acceptors (Lipinski definition) is 2. The molecule has 0 spiro atoms. The number of benzene rings is 2. The number of nitrogens with zero attached hydrogens (tertiary/aromatic N) is 2. The van der Waals surface area contributed by atoms with E-state index in [0.29, 0.717) is 0 Å². The Hall–Kier alpha value is -2.55. The Morgan fingerprint density at radius 3 is 2.35 bits per heavy atom. The molecule has 100 valence electrons. The van der Waals surface area contributed by atoms with Gasteiger partial charge in [0, 0.05) is 11.6 Å². The molecule has 1 aromatic heterocycles. The van der Waals surface area contributed by atoms with Crippen LogP contribution in [-0.2, 0) is 0 Å². The quantitative estimate of drug-likeness (QED) is 0.763. The lowest BCUT2D eigenvalue weighted by atomic mass is 10.1. The van der Waals surface area contributed by atoms with Gasteiger partial charge in [-0.3, -0.25) is 0 Å². The molecule has 0 saturated carbocycles. The SMILES string of the molecule is Cc1ccc(-n2nc(-c3ccccc3C)cc2O)cc1. The van der Waals surface area contributed by atoms with Gasteiger partial charge in [0.15, 0.2) is 0 Å². The summed E-state index contributed by atoms with van der Waals surface area (Å²) in [6.07, 6.45) is 0. The summed E-state index contributed by atoms with van der Waals surface area (Å²) >= 11 is 0. The van der Waals surface area contributed by atoms with E-state index >= 15 is 0 Å². The number of aryl methyl sites for hydroxylation is 2. The van der Waals surface area contributed by atoms with E-state index in [9.17, 15) is 5.11 Å². The molecule has 0 radical (unpaired) electrons. The van der Waals surface area contributed by atoms with E-state index in [1.54, 1.807) is 10.7 Å². The van der Waals surface area contributed by atoms with Crippen LogP contribution in [0.4, 0.5) is 0 Å². The third-order valence-corrected chi connectivity index (χ3v) is 3.39. The van der Waals surface area contributed by atoms with E-state index in [2.05, 4.69) is 5.10 Å². The van der Waals surface area contributed by atoms with Crippen LogP contribution in [0.2, 0.25) is 0 Å². The van der Waals surface area contributed by atoms with Crippen molar-refractivity contribution in [1.82, 2.24) is 9.78 Å². The largest absolute Gasteiger partial charge is 0.493 e. The molecular weight excluding hydrogens is 248 g/mol. The number of aromatic hydroxyl groups is 1. The maximum atomic E-state index is 10.1. The van der Waals surface area contributed by atoms with Crippen LogP contribution in [0.15, 0.2) is 54.6 Å². The molecule has 20 heavy (non-hydrogen) atoms. The molecular formula is C17H16N2O. The van der Waals surface area contributed by atoms with Crippen molar-refractivity contribution < 1.29 is 5.11 Å². The zero-order valence-corrected chi connectivity index (χ0v) is 11.5. The fourth-order valence-corrected chi connectivity index (χ4v) is 2.24. The minimum atomic E-state index is 0.145. The topological polar surface area (TPSA) is 38.0 Å². The summed E-state index contributed by atoms with van der Waals surface area (Å²) in [6, 6.07) is 17.6. The summed E-state index contributed by atoms with van der Waals surface area (Å²) < 4.78 is 1.56. The van der Waals surface area contributed by atoms with Crippen molar-refractivity contribution in [3.8, 4) is 22.8 Å². The molecule has 1 heterocycles. The van der Waals surface area contributed by atoms with Crippen LogP contribution in [0.3, 0.4) is 0 Å². The predicted molar refractivity (Wildman–Crippen MR) is 80.1 cm³/mol. The lowest BCUT2D eigenvalue weighted by Crippen LogP contribution is -1.96. The smallest absolute Gasteiger partial charge is 0.214 e. The van der Waals surface area contributed by atoms with Crippen molar-refractivity contribution in [2.75, 3.05) is 0 Å². The number of hydrogen-bond donors (Lipinski definition) is 1. The molecule has 2 aromatic carbocycles. The highest BCUT2D eigenvalue weighted by Gasteiger charge is 2.11. The molecule has 0 aliphatic carbocycles. The molecule has 1 N–H and O–H groups in total. The Kier molecular flexibility index (Phi) is 3.03. The zero-order valence-electron chi connectivity index (χ0n) is 11.5. The molecule has 0 bridgehead atoms. The highest BCUT2D eigenvalue weighted by Crippen LogP contribution is 2.27. The molecule has 0 saturated heterocycles. The third-order valence-electron chi connectivity index (χ3n) is 3.39. The summed E-state index contributed by atoms with van der Waals surface area (Å²) in [6.45, 7) is 4.07. The van der Waals surface area contributed by atoms with Crippen molar-refractivity contribution in [1.29, 1.82) is 0 Å². The van der Waals surface area contributed by atoms with E-state index in [1.165, 1.54) is 5.56 Å². The monoisotopic (exact) mass is 264 g/mol. The van der Waals surface area contributed by atoms with Gasteiger partial charge in [0.05, 0.1) is 11.4 Å². The molecule has 3 rings (SSSR count). The zero-order chi connectivity index (χ0) is 14.1. The van der Waals surface area contributed by atoms with Gasteiger partial charge in [-0.25, -0.2) is 4.68 Å². The summed E-state index contributed by atoms with van der Waals surface area (Å²) in [5.74, 6) is 0.145. The molecule has 0 fully saturated rings. The van der Waals surface area contributed by atoms with Crippen LogP contribution in [0.5, 0.6) is 5.88 Å². The molecule has 0 aliphatic heterocycles. The van der Waals surface area contributed by atoms with Gasteiger partial charge >= 0.3 is 0 Å². The molecule has 3 aromatic rings. The van der Waals surface area contributed by atoms with Gasteiger partial charge in [-0.05, 0) is 31.5 Å². The normalized spacial score (nSPS) is 10.7. The van der Waals surface area contributed by atoms with E-state index in [1.807, 2.05) is 62.4 Å². The Balaban J connectivity index is 2.08. The van der Waals surface area contributed by atoms with Gasteiger partial charge in [-0.15, -0.1) is 0 Å². The highest BCUT2D eigenvalue weighted by molar-refractivity contribution is 5.64. The average Bonchev–Trinajstić information content (AvgIpc) is 2.82. The first-order valence-electron chi connectivity index (χ1n) is 6.57. The van der Waals surface area contributed by atoms with Gasteiger partial charge in [0.2, 0.25) is 5.88 Å². The Morgan fingerprint density at radius 1 is 0.950 bits per heavy atom. The van der Waals surface area contributed by atoms with Gasteiger partial charge in [0.25, 0.3) is 0 Å². The summed E-state index contributed by atoms with van der Waals surface area (Å²) in [7, 11) is 0. The molecule has 3 heteroatoms. The van der Waals surface area contributed by atoms with Crippen molar-refractivity contribution in [2.45, 2.75) is 13.8 Å². The second-order valence-electron chi connectivity index (χ2n) is 4.95. The lowest BCUT2D eigenvalue weighted by molar-refractivity contribution is 0.433. The number of aromatic nitrogens is 2. The summed E-state index contributed by atoms with van der Waals surface area (Å²) in [4.78, 5) is 0. The first-order chi connectivity index (χ1) is 9.65. The van der Waals surface area contributed by atoms with Gasteiger partial charge in [-0.2, -0.15) is 5.10 Å². The molecule has 0 atom stereocenters. The van der Waals surface area contributed by atoms with E-state index in [4.69, 9.17) is 0 Å². The van der Waals surface area contributed by atoms with Gasteiger partial charge in [-0.1, -0.05) is 42.0 Å². The fourth-order valence-electron chi connectivity index (χ4n) is 2.24. The number of rotatable bonds is 2. The summed E-state index contributed by atoms with van der Waals surface area (Å²) in [5.41, 5.74) is 4.99. The second kappa shape index (κ2) is 4.85. The highest BCUT2D eigenvalue weighted by atomic mass is 16.3. The third kappa shape index (κ3) is 2.18. The average molecular weight is 264 g/mol. The Bertz CT molecular complexity index is 742. The summed E-state index contributed by atoms with van der Waals surface area (Å²) in [5, 5.41) is 14.6. The lowest BCUT2D eigenvalue weighted by Gasteiger charge is -2.03. The van der Waals surface area contributed by atoms with E-state index < -0.39 is 0 Å². The van der Waals surface area contributed by atoms with Crippen LogP contribution in [0.25, 0.3) is 16.9 Å². The second-order valence-corrected chi connectivity index (χ2v) is 4.95. The van der Waals surface area contributed by atoms with Gasteiger partial charge in [0.1, 0.15) is 0 Å². The van der Waals surface area contributed by atoms with Crippen LogP contribution in [-0.4, -0.2) is 14.9 Å². The first kappa shape index (κ1) is 12.5. The van der Waals surface area contributed by atoms with E-state index in [0.717, 1.165) is 22.5 Å². The Labute approximate surface area is 118 Å². The minimum Gasteiger partial charge on any atom is -0.493 e. The van der Waals surface area contributed by atoms with Crippen LogP contribution in [0.1, 0.15) is 11.1 Å². The van der Waals surface area contributed by atoms with Crippen LogP contribution < -0.4 is 0 Å². The predicted octanol–water partition coefficient (Wildman–Crippen LogP) is 3.86. The molecule has 0 aliphatic rings. The standard InChI is InChI=1S/C17H16N2O/c1-12-7-9-14(10-8-12)19-17(20)11-16(18-19)15-6-4-3-5-13(15)2/h3-11,20H,1-2H3.